The molecule has 0 saturated carbocycles. The smallest absolute Gasteiger partial charge is 0.319 e. The van der Waals surface area contributed by atoms with Crippen LogP contribution < -0.4 is 10.6 Å². The first kappa shape index (κ1) is 24.9. The number of nitro benzene ring substituents is 1. The van der Waals surface area contributed by atoms with Crippen LogP contribution in [0.1, 0.15) is 29.9 Å². The molecule has 4 aromatic rings. The fraction of sp³-hybridized carbons (Fsp3) is 0.160. The number of nitrogens with zero attached hydrogens (tertiary/aromatic N) is 4. The van der Waals surface area contributed by atoms with Crippen LogP contribution in [0.2, 0.25) is 0 Å². The van der Waals surface area contributed by atoms with Crippen LogP contribution in [0.3, 0.4) is 0 Å². The number of halogens is 1. The summed E-state index contributed by atoms with van der Waals surface area (Å²) in [7, 11) is 0. The number of carbonyl (C=O) groups is 1. The number of hydrogen-bond donors (Lipinski definition) is 2. The van der Waals surface area contributed by atoms with Crippen molar-refractivity contribution in [2.24, 2.45) is 0 Å². The van der Waals surface area contributed by atoms with Gasteiger partial charge in [-0.2, -0.15) is 0 Å². The van der Waals surface area contributed by atoms with Crippen molar-refractivity contribution >= 4 is 29.2 Å². The van der Waals surface area contributed by atoms with Gasteiger partial charge in [-0.25, -0.2) is 9.18 Å². The Bertz CT molecular complexity index is 1380. The van der Waals surface area contributed by atoms with Gasteiger partial charge in [0.15, 0.2) is 11.0 Å². The summed E-state index contributed by atoms with van der Waals surface area (Å²) in [5, 5.41) is 25.9. The second-order valence-corrected chi connectivity index (χ2v) is 8.94. The maximum Gasteiger partial charge on any atom is 0.319 e. The van der Waals surface area contributed by atoms with Crippen molar-refractivity contribution in [2.45, 2.75) is 30.8 Å². The summed E-state index contributed by atoms with van der Waals surface area (Å²) in [6.45, 7) is 3.67. The van der Waals surface area contributed by atoms with Crippen LogP contribution >= 0.6 is 11.8 Å². The van der Waals surface area contributed by atoms with E-state index in [2.05, 4.69) is 20.8 Å². The van der Waals surface area contributed by atoms with Crippen LogP contribution in [0, 0.1) is 22.9 Å². The monoisotopic (exact) mass is 506 g/mol. The lowest BCUT2D eigenvalue weighted by molar-refractivity contribution is -0.384. The zero-order valence-corrected chi connectivity index (χ0v) is 20.3. The van der Waals surface area contributed by atoms with Crippen LogP contribution in [0.25, 0.3) is 5.69 Å². The number of aryl methyl sites for hydroxylation is 1. The number of aromatic nitrogens is 3. The van der Waals surface area contributed by atoms with Crippen LogP contribution in [-0.2, 0) is 5.75 Å². The molecule has 0 saturated heterocycles. The molecule has 2 amide bonds. The van der Waals surface area contributed by atoms with Crippen molar-refractivity contribution in [1.29, 1.82) is 0 Å². The predicted octanol–water partition coefficient (Wildman–Crippen LogP) is 5.80. The second-order valence-electron chi connectivity index (χ2n) is 8.00. The van der Waals surface area contributed by atoms with Gasteiger partial charge >= 0.3 is 6.03 Å². The molecule has 0 aliphatic heterocycles. The zero-order chi connectivity index (χ0) is 25.7. The van der Waals surface area contributed by atoms with Gasteiger partial charge in [-0.3, -0.25) is 14.7 Å². The first-order valence-electron chi connectivity index (χ1n) is 11.0. The number of amides is 2. The van der Waals surface area contributed by atoms with Gasteiger partial charge in [-0.1, -0.05) is 42.1 Å². The molecule has 1 heterocycles. The summed E-state index contributed by atoms with van der Waals surface area (Å²) < 4.78 is 15.0. The number of urea groups is 1. The molecule has 9 nitrogen and oxygen atoms in total. The first-order chi connectivity index (χ1) is 17.3. The minimum absolute atomic E-state index is 0.0438. The molecule has 0 radical (unpaired) electrons. The Morgan fingerprint density at radius 2 is 1.78 bits per heavy atom. The minimum Gasteiger partial charge on any atom is -0.328 e. The molecule has 0 fully saturated rings. The SMILES string of the molecule is Cc1ccccc1NC(=O)NC(C)c1nnc(SCc2ccc(F)cc2)n1-c1ccc([N+](=O)[O-])cc1. The van der Waals surface area contributed by atoms with E-state index >= 15 is 0 Å². The summed E-state index contributed by atoms with van der Waals surface area (Å²) in [4.78, 5) is 23.3. The lowest BCUT2D eigenvalue weighted by Gasteiger charge is -2.17. The van der Waals surface area contributed by atoms with Crippen molar-refractivity contribution in [1.82, 2.24) is 20.1 Å². The number of anilines is 1. The molecule has 1 atom stereocenters. The quantitative estimate of drug-likeness (QED) is 0.177. The third-order valence-corrected chi connectivity index (χ3v) is 6.39. The first-order valence-corrected chi connectivity index (χ1v) is 12.0. The van der Waals surface area contributed by atoms with E-state index < -0.39 is 17.0 Å². The Kier molecular flexibility index (Phi) is 7.59. The fourth-order valence-electron chi connectivity index (χ4n) is 3.48. The van der Waals surface area contributed by atoms with Crippen molar-refractivity contribution < 1.29 is 14.1 Å². The van der Waals surface area contributed by atoms with Gasteiger partial charge in [0.2, 0.25) is 0 Å². The molecule has 3 aromatic carbocycles. The zero-order valence-electron chi connectivity index (χ0n) is 19.5. The highest BCUT2D eigenvalue weighted by Crippen LogP contribution is 2.28. The average Bonchev–Trinajstić information content (AvgIpc) is 3.29. The second kappa shape index (κ2) is 11.0. The number of hydrogen-bond acceptors (Lipinski definition) is 6. The van der Waals surface area contributed by atoms with Gasteiger partial charge in [0.05, 0.1) is 11.0 Å². The van der Waals surface area contributed by atoms with Gasteiger partial charge in [-0.05, 0) is 55.3 Å². The number of nitro groups is 1. The fourth-order valence-corrected chi connectivity index (χ4v) is 4.40. The van der Waals surface area contributed by atoms with E-state index in [9.17, 15) is 19.3 Å². The highest BCUT2D eigenvalue weighted by molar-refractivity contribution is 7.98. The molecular weight excluding hydrogens is 483 g/mol. The molecule has 0 bridgehead atoms. The van der Waals surface area contributed by atoms with E-state index in [-0.39, 0.29) is 11.5 Å². The van der Waals surface area contributed by atoms with E-state index in [1.165, 1.54) is 36.0 Å². The Labute approximate surface area is 210 Å². The average molecular weight is 507 g/mol. The summed E-state index contributed by atoms with van der Waals surface area (Å²) in [6.07, 6.45) is 0. The number of non-ortho nitro benzene ring substituents is 1. The van der Waals surface area contributed by atoms with Gasteiger partial charge in [0.25, 0.3) is 5.69 Å². The van der Waals surface area contributed by atoms with Gasteiger partial charge in [0, 0.05) is 29.3 Å². The van der Waals surface area contributed by atoms with Crippen LogP contribution in [0.15, 0.2) is 78.0 Å². The van der Waals surface area contributed by atoms with Crippen molar-refractivity contribution in [3.8, 4) is 5.69 Å². The normalized spacial score (nSPS) is 11.6. The van der Waals surface area contributed by atoms with Crippen LogP contribution in [-0.4, -0.2) is 25.7 Å². The summed E-state index contributed by atoms with van der Waals surface area (Å²) >= 11 is 1.38. The Morgan fingerprint density at radius 1 is 1.08 bits per heavy atom. The molecule has 184 valence electrons. The highest BCUT2D eigenvalue weighted by Gasteiger charge is 2.22. The molecule has 1 aromatic heterocycles. The molecule has 0 aliphatic rings. The Morgan fingerprint density at radius 3 is 2.44 bits per heavy atom. The van der Waals surface area contributed by atoms with Crippen molar-refractivity contribution in [3.63, 3.8) is 0 Å². The molecule has 0 spiro atoms. The number of benzene rings is 3. The third kappa shape index (κ3) is 5.87. The molecular formula is C25H23FN6O3S. The van der Waals surface area contributed by atoms with Gasteiger partial charge < -0.3 is 10.6 Å². The summed E-state index contributed by atoms with van der Waals surface area (Å²) in [6, 6.07) is 18.6. The molecule has 1 unspecified atom stereocenters. The molecule has 4 rings (SSSR count). The molecule has 36 heavy (non-hydrogen) atoms. The third-order valence-electron chi connectivity index (χ3n) is 5.39. The molecule has 0 aliphatic carbocycles. The van der Waals surface area contributed by atoms with Crippen molar-refractivity contribution in [2.75, 3.05) is 5.32 Å². The van der Waals surface area contributed by atoms with Crippen LogP contribution in [0.5, 0.6) is 0 Å². The lowest BCUT2D eigenvalue weighted by atomic mass is 10.2. The maximum atomic E-state index is 13.3. The number of thioether (sulfide) groups is 1. The lowest BCUT2D eigenvalue weighted by Crippen LogP contribution is -2.32. The van der Waals surface area contributed by atoms with Gasteiger partial charge in [-0.15, -0.1) is 10.2 Å². The van der Waals surface area contributed by atoms with Crippen LogP contribution in [0.4, 0.5) is 20.6 Å². The standard InChI is InChI=1S/C25H23FN6O3S/c1-16-5-3-4-6-22(16)28-24(33)27-17(2)23-29-30-25(36-15-18-7-9-19(26)10-8-18)31(23)20-11-13-21(14-12-20)32(34)35/h3-14,17H,15H2,1-2H3,(H2,27,28,33). The number of rotatable bonds is 8. The Hall–Kier alpha value is -4.25. The number of nitrogens with one attached hydrogen (secondary N) is 2. The Balaban J connectivity index is 1.59. The summed E-state index contributed by atoms with van der Waals surface area (Å²) in [5.74, 6) is 0.635. The maximum absolute atomic E-state index is 13.3. The van der Waals surface area contributed by atoms with E-state index in [1.807, 2.05) is 31.2 Å². The number of para-hydroxylation sites is 1. The van der Waals surface area contributed by atoms with E-state index in [0.717, 1.165) is 11.1 Å². The minimum atomic E-state index is -0.545. The molecule has 11 heteroatoms. The van der Waals surface area contributed by atoms with Gasteiger partial charge in [0.1, 0.15) is 5.82 Å². The topological polar surface area (TPSA) is 115 Å². The predicted molar refractivity (Wildman–Crippen MR) is 136 cm³/mol. The van der Waals surface area contributed by atoms with E-state index in [1.54, 1.807) is 35.8 Å². The highest BCUT2D eigenvalue weighted by atomic mass is 32.2. The van der Waals surface area contributed by atoms with E-state index in [4.69, 9.17) is 0 Å². The largest absolute Gasteiger partial charge is 0.328 e. The van der Waals surface area contributed by atoms with Crippen molar-refractivity contribution in [3.05, 3.63) is 106 Å². The number of carbonyl (C=O) groups excluding carboxylic acids is 1. The van der Waals surface area contributed by atoms with E-state index in [0.29, 0.717) is 28.1 Å². The molecule has 2 N–H and O–H groups in total. The summed E-state index contributed by atoms with van der Waals surface area (Å²) in [5.41, 5.74) is 3.07.